The third-order valence-corrected chi connectivity index (χ3v) is 3.95. The van der Waals surface area contributed by atoms with Crippen molar-refractivity contribution in [3.63, 3.8) is 0 Å². The highest BCUT2D eigenvalue weighted by Crippen LogP contribution is 2.21. The summed E-state index contributed by atoms with van der Waals surface area (Å²) in [6.45, 7) is 2.85. The lowest BCUT2D eigenvalue weighted by molar-refractivity contribution is -0.145. The minimum atomic E-state index is -0.597. The zero-order valence-electron chi connectivity index (χ0n) is 12.8. The van der Waals surface area contributed by atoms with Crippen LogP contribution in [0.2, 0.25) is 0 Å². The standard InChI is InChI=1S/C16H18N2O5/c1-11(23-13-5-3-2-4-6-13)15(20)17-7-12(8-17)9-18-14(19)10-22-16(18)21/h2-6,11-12H,7-10H2,1H3. The maximum Gasteiger partial charge on any atom is 0.417 e. The molecule has 1 unspecified atom stereocenters. The average Bonchev–Trinajstić information content (AvgIpc) is 2.82. The Morgan fingerprint density at radius 2 is 2.00 bits per heavy atom. The Kier molecular flexibility index (Phi) is 4.18. The number of cyclic esters (lactones) is 1. The fourth-order valence-corrected chi connectivity index (χ4v) is 2.69. The maximum absolute atomic E-state index is 12.3. The summed E-state index contributed by atoms with van der Waals surface area (Å²) in [6.07, 6.45) is -1.17. The Morgan fingerprint density at radius 3 is 2.61 bits per heavy atom. The van der Waals surface area contributed by atoms with Gasteiger partial charge in [0.2, 0.25) is 0 Å². The third-order valence-electron chi connectivity index (χ3n) is 3.95. The Hall–Kier alpha value is -2.57. The zero-order chi connectivity index (χ0) is 16.4. The van der Waals surface area contributed by atoms with E-state index in [0.29, 0.717) is 25.4 Å². The van der Waals surface area contributed by atoms with Crippen LogP contribution in [-0.2, 0) is 14.3 Å². The highest BCUT2D eigenvalue weighted by atomic mass is 16.6. The van der Waals surface area contributed by atoms with Crippen molar-refractivity contribution in [1.82, 2.24) is 9.80 Å². The summed E-state index contributed by atoms with van der Waals surface area (Å²) in [5.74, 6) is 0.328. The van der Waals surface area contributed by atoms with Crippen molar-refractivity contribution in [3.05, 3.63) is 30.3 Å². The van der Waals surface area contributed by atoms with Crippen LogP contribution in [0.5, 0.6) is 5.75 Å². The van der Waals surface area contributed by atoms with E-state index in [1.165, 1.54) is 0 Å². The zero-order valence-corrected chi connectivity index (χ0v) is 12.8. The van der Waals surface area contributed by atoms with Gasteiger partial charge in [-0.2, -0.15) is 0 Å². The van der Waals surface area contributed by atoms with Gasteiger partial charge in [-0.25, -0.2) is 9.69 Å². The second-order valence-corrected chi connectivity index (χ2v) is 5.74. The molecule has 1 atom stereocenters. The van der Waals surface area contributed by atoms with Crippen molar-refractivity contribution >= 4 is 17.9 Å². The van der Waals surface area contributed by atoms with Crippen LogP contribution in [0.3, 0.4) is 0 Å². The second kappa shape index (κ2) is 6.28. The normalized spacial score (nSPS) is 19.3. The van der Waals surface area contributed by atoms with Gasteiger partial charge in [0.25, 0.3) is 11.8 Å². The molecule has 122 valence electrons. The van der Waals surface area contributed by atoms with Gasteiger partial charge in [-0.1, -0.05) is 18.2 Å². The van der Waals surface area contributed by atoms with Crippen molar-refractivity contribution < 1.29 is 23.9 Å². The lowest BCUT2D eigenvalue weighted by Crippen LogP contribution is -2.57. The van der Waals surface area contributed by atoms with Crippen LogP contribution in [0.15, 0.2) is 30.3 Å². The Morgan fingerprint density at radius 1 is 1.30 bits per heavy atom. The SMILES string of the molecule is CC(Oc1ccccc1)C(=O)N1CC(CN2C(=O)COC2=O)C1. The predicted octanol–water partition coefficient (Wildman–Crippen LogP) is 0.891. The van der Waals surface area contributed by atoms with Crippen LogP contribution >= 0.6 is 0 Å². The van der Waals surface area contributed by atoms with Gasteiger partial charge >= 0.3 is 6.09 Å². The molecule has 2 aliphatic heterocycles. The summed E-state index contributed by atoms with van der Waals surface area (Å²) in [5.41, 5.74) is 0. The third kappa shape index (κ3) is 3.28. The summed E-state index contributed by atoms with van der Waals surface area (Å²) in [4.78, 5) is 37.9. The summed E-state index contributed by atoms with van der Waals surface area (Å²) in [5, 5.41) is 0. The molecule has 2 aliphatic rings. The number of para-hydroxylation sites is 1. The smallest absolute Gasteiger partial charge is 0.417 e. The number of carbonyl (C=O) groups excluding carboxylic acids is 3. The first kappa shape index (κ1) is 15.3. The van der Waals surface area contributed by atoms with E-state index in [1.807, 2.05) is 18.2 Å². The van der Waals surface area contributed by atoms with Gasteiger partial charge < -0.3 is 14.4 Å². The van der Waals surface area contributed by atoms with E-state index in [1.54, 1.807) is 24.0 Å². The molecular formula is C16H18N2O5. The molecule has 0 saturated carbocycles. The Labute approximate surface area is 133 Å². The molecule has 0 spiro atoms. The maximum atomic E-state index is 12.3. The number of amides is 3. The highest BCUT2D eigenvalue weighted by Gasteiger charge is 2.39. The molecule has 3 rings (SSSR count). The minimum Gasteiger partial charge on any atom is -0.481 e. The van der Waals surface area contributed by atoms with Crippen LogP contribution in [0, 0.1) is 5.92 Å². The van der Waals surface area contributed by atoms with Crippen molar-refractivity contribution in [3.8, 4) is 5.75 Å². The monoisotopic (exact) mass is 318 g/mol. The van der Waals surface area contributed by atoms with E-state index in [0.717, 1.165) is 4.90 Å². The number of rotatable bonds is 5. The minimum absolute atomic E-state index is 0.0949. The molecule has 0 aliphatic carbocycles. The van der Waals surface area contributed by atoms with Gasteiger partial charge in [-0.05, 0) is 19.1 Å². The van der Waals surface area contributed by atoms with Gasteiger partial charge in [0.1, 0.15) is 5.75 Å². The first-order chi connectivity index (χ1) is 11.0. The molecule has 0 N–H and O–H groups in total. The molecule has 7 heteroatoms. The summed E-state index contributed by atoms with van der Waals surface area (Å²) in [7, 11) is 0. The number of hydrogen-bond donors (Lipinski definition) is 0. The molecule has 0 bridgehead atoms. The average molecular weight is 318 g/mol. The van der Waals surface area contributed by atoms with Gasteiger partial charge in [0.15, 0.2) is 12.7 Å². The van der Waals surface area contributed by atoms with E-state index < -0.39 is 12.2 Å². The second-order valence-electron chi connectivity index (χ2n) is 5.74. The van der Waals surface area contributed by atoms with Gasteiger partial charge in [0.05, 0.1) is 0 Å². The van der Waals surface area contributed by atoms with Crippen LogP contribution in [0.1, 0.15) is 6.92 Å². The Balaban J connectivity index is 1.46. The molecule has 1 aromatic carbocycles. The fraction of sp³-hybridized carbons (Fsp3) is 0.438. The molecule has 0 aromatic heterocycles. The van der Waals surface area contributed by atoms with E-state index >= 15 is 0 Å². The molecule has 2 fully saturated rings. The first-order valence-corrected chi connectivity index (χ1v) is 7.52. The summed E-state index contributed by atoms with van der Waals surface area (Å²) >= 11 is 0. The van der Waals surface area contributed by atoms with Gasteiger partial charge in [0, 0.05) is 25.6 Å². The molecule has 23 heavy (non-hydrogen) atoms. The number of carbonyl (C=O) groups is 3. The van der Waals surface area contributed by atoms with Gasteiger partial charge in [-0.15, -0.1) is 0 Å². The highest BCUT2D eigenvalue weighted by molar-refractivity contribution is 5.97. The topological polar surface area (TPSA) is 76.2 Å². The Bertz CT molecular complexity index is 596. The van der Waals surface area contributed by atoms with Crippen LogP contribution < -0.4 is 4.74 Å². The van der Waals surface area contributed by atoms with Crippen molar-refractivity contribution in [1.29, 1.82) is 0 Å². The molecule has 2 saturated heterocycles. The first-order valence-electron chi connectivity index (χ1n) is 7.52. The van der Waals surface area contributed by atoms with Crippen molar-refractivity contribution in [2.45, 2.75) is 13.0 Å². The molecule has 3 amide bonds. The van der Waals surface area contributed by atoms with E-state index in [9.17, 15) is 14.4 Å². The van der Waals surface area contributed by atoms with Gasteiger partial charge in [-0.3, -0.25) is 9.59 Å². The van der Waals surface area contributed by atoms with E-state index in [-0.39, 0.29) is 24.3 Å². The number of likely N-dealkylation sites (tertiary alicyclic amines) is 1. The molecule has 2 heterocycles. The van der Waals surface area contributed by atoms with E-state index in [2.05, 4.69) is 4.74 Å². The summed E-state index contributed by atoms with van der Waals surface area (Å²) < 4.78 is 10.3. The molecule has 0 radical (unpaired) electrons. The fourth-order valence-electron chi connectivity index (χ4n) is 2.69. The van der Waals surface area contributed by atoms with Crippen LogP contribution in [0.4, 0.5) is 4.79 Å². The number of ether oxygens (including phenoxy) is 2. The van der Waals surface area contributed by atoms with Crippen LogP contribution in [0.25, 0.3) is 0 Å². The van der Waals surface area contributed by atoms with Crippen LogP contribution in [-0.4, -0.2) is 60.1 Å². The molecule has 7 nitrogen and oxygen atoms in total. The largest absolute Gasteiger partial charge is 0.481 e. The lowest BCUT2D eigenvalue weighted by Gasteiger charge is -2.41. The van der Waals surface area contributed by atoms with E-state index in [4.69, 9.17) is 4.74 Å². The number of hydrogen-bond acceptors (Lipinski definition) is 5. The number of benzene rings is 1. The molecular weight excluding hydrogens is 300 g/mol. The lowest BCUT2D eigenvalue weighted by atomic mass is 9.99. The van der Waals surface area contributed by atoms with Crippen molar-refractivity contribution in [2.24, 2.45) is 5.92 Å². The quantitative estimate of drug-likeness (QED) is 0.806. The molecule has 1 aromatic rings. The number of nitrogens with zero attached hydrogens (tertiary/aromatic N) is 2. The number of imide groups is 1. The summed E-state index contributed by atoms with van der Waals surface area (Å²) in [6, 6.07) is 9.17. The van der Waals surface area contributed by atoms with Crippen molar-refractivity contribution in [2.75, 3.05) is 26.2 Å². The predicted molar refractivity (Wildman–Crippen MR) is 79.7 cm³/mol.